The van der Waals surface area contributed by atoms with Gasteiger partial charge in [0, 0.05) is 21.2 Å². The van der Waals surface area contributed by atoms with Gasteiger partial charge >= 0.3 is 5.97 Å². The molecule has 0 unspecified atom stereocenters. The number of carboxylic acid groups (broad SMARTS) is 1. The van der Waals surface area contributed by atoms with Gasteiger partial charge in [-0.25, -0.2) is 4.79 Å². The van der Waals surface area contributed by atoms with Crippen LogP contribution in [0.3, 0.4) is 0 Å². The van der Waals surface area contributed by atoms with Gasteiger partial charge in [0.05, 0.1) is 5.56 Å². The van der Waals surface area contributed by atoms with Gasteiger partial charge in [-0.2, -0.15) is 0 Å². The molecule has 0 atom stereocenters. The number of hydrogen-bond donors (Lipinski definition) is 2. The SMILES string of the molecule is O=C(O)c1ccc(-c2cc(Cl)ccc2Cl)c(O)c1. The predicted octanol–water partition coefficient (Wildman–Crippen LogP) is 4.06. The molecule has 2 N–H and O–H groups in total. The van der Waals surface area contributed by atoms with E-state index in [1.165, 1.54) is 18.2 Å². The second-order valence-corrected chi connectivity index (χ2v) is 4.50. The lowest BCUT2D eigenvalue weighted by molar-refractivity contribution is 0.0696. The van der Waals surface area contributed by atoms with Gasteiger partial charge in [-0.05, 0) is 36.4 Å². The lowest BCUT2D eigenvalue weighted by Crippen LogP contribution is -1.95. The normalized spacial score (nSPS) is 10.3. The first kappa shape index (κ1) is 12.7. The lowest BCUT2D eigenvalue weighted by atomic mass is 10.0. The minimum atomic E-state index is -1.10. The van der Waals surface area contributed by atoms with E-state index in [-0.39, 0.29) is 11.3 Å². The Labute approximate surface area is 113 Å². The molecule has 2 rings (SSSR count). The minimum absolute atomic E-state index is 0.00870. The Bertz CT molecular complexity index is 624. The Balaban J connectivity index is 2.58. The number of aromatic hydroxyl groups is 1. The molecular formula is C13H8Cl2O3. The average Bonchev–Trinajstić information content (AvgIpc) is 2.32. The molecule has 0 spiro atoms. The Kier molecular flexibility index (Phi) is 3.45. The van der Waals surface area contributed by atoms with Crippen molar-refractivity contribution in [2.75, 3.05) is 0 Å². The van der Waals surface area contributed by atoms with Crippen LogP contribution in [0.25, 0.3) is 11.1 Å². The zero-order valence-electron chi connectivity index (χ0n) is 9.02. The summed E-state index contributed by atoms with van der Waals surface area (Å²) in [5, 5.41) is 19.6. The highest BCUT2D eigenvalue weighted by atomic mass is 35.5. The summed E-state index contributed by atoms with van der Waals surface area (Å²) >= 11 is 11.9. The van der Waals surface area contributed by atoms with Crippen LogP contribution in [0, 0.1) is 0 Å². The molecule has 2 aromatic rings. The van der Waals surface area contributed by atoms with Crippen molar-refractivity contribution in [3.05, 3.63) is 52.0 Å². The maximum absolute atomic E-state index is 10.8. The van der Waals surface area contributed by atoms with Crippen molar-refractivity contribution >= 4 is 29.2 Å². The number of benzene rings is 2. The molecule has 0 aliphatic rings. The molecule has 0 aliphatic carbocycles. The fraction of sp³-hybridized carbons (Fsp3) is 0. The molecule has 0 aliphatic heterocycles. The molecule has 0 fully saturated rings. The summed E-state index contributed by atoms with van der Waals surface area (Å²) in [7, 11) is 0. The molecule has 0 radical (unpaired) electrons. The first-order valence-corrected chi connectivity index (χ1v) is 5.76. The van der Waals surface area contributed by atoms with Gasteiger partial charge in [0.25, 0.3) is 0 Å². The van der Waals surface area contributed by atoms with Gasteiger partial charge in [-0.3, -0.25) is 0 Å². The number of carbonyl (C=O) groups is 1. The van der Waals surface area contributed by atoms with E-state index in [9.17, 15) is 9.90 Å². The van der Waals surface area contributed by atoms with Crippen molar-refractivity contribution < 1.29 is 15.0 Å². The van der Waals surface area contributed by atoms with Crippen molar-refractivity contribution in [1.82, 2.24) is 0 Å². The zero-order valence-corrected chi connectivity index (χ0v) is 10.5. The Morgan fingerprint density at radius 2 is 1.72 bits per heavy atom. The number of phenols is 1. The van der Waals surface area contributed by atoms with Crippen LogP contribution in [0.2, 0.25) is 10.0 Å². The molecule has 5 heteroatoms. The molecule has 2 aromatic carbocycles. The summed E-state index contributed by atoms with van der Waals surface area (Å²) in [6, 6.07) is 8.93. The van der Waals surface area contributed by atoms with E-state index in [2.05, 4.69) is 0 Å². The second-order valence-electron chi connectivity index (χ2n) is 3.66. The zero-order chi connectivity index (χ0) is 13.3. The van der Waals surface area contributed by atoms with Crippen LogP contribution in [0.15, 0.2) is 36.4 Å². The van der Waals surface area contributed by atoms with E-state index < -0.39 is 5.97 Å². The van der Waals surface area contributed by atoms with E-state index in [4.69, 9.17) is 28.3 Å². The fourth-order valence-electron chi connectivity index (χ4n) is 1.60. The van der Waals surface area contributed by atoms with Crippen LogP contribution in [0.4, 0.5) is 0 Å². The first-order chi connectivity index (χ1) is 8.49. The van der Waals surface area contributed by atoms with Gasteiger partial charge in [-0.15, -0.1) is 0 Å². The third-order valence-electron chi connectivity index (χ3n) is 2.46. The Morgan fingerprint density at radius 3 is 2.33 bits per heavy atom. The molecule has 18 heavy (non-hydrogen) atoms. The molecule has 3 nitrogen and oxygen atoms in total. The van der Waals surface area contributed by atoms with Crippen molar-refractivity contribution in [2.24, 2.45) is 0 Å². The quantitative estimate of drug-likeness (QED) is 0.873. The van der Waals surface area contributed by atoms with Gasteiger partial charge in [0.1, 0.15) is 5.75 Å². The van der Waals surface area contributed by atoms with Gasteiger partial charge in [0.2, 0.25) is 0 Å². The molecule has 0 bridgehead atoms. The average molecular weight is 283 g/mol. The van der Waals surface area contributed by atoms with Crippen molar-refractivity contribution in [3.8, 4) is 16.9 Å². The molecule has 0 saturated carbocycles. The van der Waals surface area contributed by atoms with Crippen molar-refractivity contribution in [1.29, 1.82) is 0 Å². The highest BCUT2D eigenvalue weighted by molar-refractivity contribution is 6.35. The van der Waals surface area contributed by atoms with Crippen molar-refractivity contribution in [2.45, 2.75) is 0 Å². The van der Waals surface area contributed by atoms with E-state index in [1.807, 2.05) is 0 Å². The smallest absolute Gasteiger partial charge is 0.335 e. The summed E-state index contributed by atoms with van der Waals surface area (Å²) in [6.07, 6.45) is 0. The Hall–Kier alpha value is -1.71. The third kappa shape index (κ3) is 2.42. The molecule has 0 amide bonds. The minimum Gasteiger partial charge on any atom is -0.507 e. The predicted molar refractivity (Wildman–Crippen MR) is 70.5 cm³/mol. The largest absolute Gasteiger partial charge is 0.507 e. The number of aromatic carboxylic acids is 1. The lowest BCUT2D eigenvalue weighted by Gasteiger charge is -2.08. The highest BCUT2D eigenvalue weighted by Gasteiger charge is 2.12. The van der Waals surface area contributed by atoms with Gasteiger partial charge in [-0.1, -0.05) is 23.2 Å². The molecular weight excluding hydrogens is 275 g/mol. The number of phenolic OH excluding ortho intramolecular Hbond substituents is 1. The maximum atomic E-state index is 10.8. The van der Waals surface area contributed by atoms with Gasteiger partial charge < -0.3 is 10.2 Å². The van der Waals surface area contributed by atoms with Crippen LogP contribution < -0.4 is 0 Å². The van der Waals surface area contributed by atoms with Crippen LogP contribution in [-0.2, 0) is 0 Å². The highest BCUT2D eigenvalue weighted by Crippen LogP contribution is 2.36. The number of halogens is 2. The Morgan fingerprint density at radius 1 is 1.00 bits per heavy atom. The standard InChI is InChI=1S/C13H8Cl2O3/c14-8-2-4-11(15)10(6-8)9-3-1-7(13(17)18)5-12(9)16/h1-6,16H,(H,17,18). The van der Waals surface area contributed by atoms with Gasteiger partial charge in [0.15, 0.2) is 0 Å². The van der Waals surface area contributed by atoms with Crippen LogP contribution in [0.5, 0.6) is 5.75 Å². The van der Waals surface area contributed by atoms with Crippen LogP contribution in [-0.4, -0.2) is 16.2 Å². The summed E-state index contributed by atoms with van der Waals surface area (Å²) < 4.78 is 0. The van der Waals surface area contributed by atoms with Crippen molar-refractivity contribution in [3.63, 3.8) is 0 Å². The van der Waals surface area contributed by atoms with E-state index in [0.717, 1.165) is 0 Å². The third-order valence-corrected chi connectivity index (χ3v) is 3.03. The molecule has 0 aromatic heterocycles. The monoisotopic (exact) mass is 282 g/mol. The maximum Gasteiger partial charge on any atom is 0.335 e. The second kappa shape index (κ2) is 4.88. The summed E-state index contributed by atoms with van der Waals surface area (Å²) in [4.78, 5) is 10.8. The molecule has 0 heterocycles. The van der Waals surface area contributed by atoms with E-state index in [1.54, 1.807) is 18.2 Å². The molecule has 92 valence electrons. The van der Waals surface area contributed by atoms with E-state index >= 15 is 0 Å². The summed E-state index contributed by atoms with van der Waals surface area (Å²) in [6.45, 7) is 0. The van der Waals surface area contributed by atoms with Crippen LogP contribution in [0.1, 0.15) is 10.4 Å². The first-order valence-electron chi connectivity index (χ1n) is 5.01. The fourth-order valence-corrected chi connectivity index (χ4v) is 1.99. The number of rotatable bonds is 2. The summed E-state index contributed by atoms with van der Waals surface area (Å²) in [5.74, 6) is -1.26. The number of hydrogen-bond acceptors (Lipinski definition) is 2. The topological polar surface area (TPSA) is 57.5 Å². The number of carboxylic acids is 1. The van der Waals surface area contributed by atoms with Crippen LogP contribution >= 0.6 is 23.2 Å². The van der Waals surface area contributed by atoms with E-state index in [0.29, 0.717) is 21.2 Å². The summed E-state index contributed by atoms with van der Waals surface area (Å²) in [5.41, 5.74) is 1.00. The molecule has 0 saturated heterocycles.